The summed E-state index contributed by atoms with van der Waals surface area (Å²) in [6.45, 7) is 8.85. The molecule has 0 spiro atoms. The Labute approximate surface area is 143 Å². The average molecular weight is 340 g/mol. The average Bonchev–Trinajstić information content (AvgIpc) is 2.92. The number of ether oxygens (including phenoxy) is 1. The van der Waals surface area contributed by atoms with Crippen molar-refractivity contribution in [3.8, 4) is 0 Å². The van der Waals surface area contributed by atoms with E-state index < -0.39 is 0 Å². The first kappa shape index (κ1) is 18.4. The summed E-state index contributed by atoms with van der Waals surface area (Å²) in [6, 6.07) is 0. The van der Waals surface area contributed by atoms with Crippen LogP contribution in [0, 0.1) is 12.8 Å². The highest BCUT2D eigenvalue weighted by molar-refractivity contribution is 7.13. The Hall–Kier alpha value is -0.980. The van der Waals surface area contributed by atoms with Gasteiger partial charge < -0.3 is 15.0 Å². The van der Waals surface area contributed by atoms with Gasteiger partial charge in [0.2, 0.25) is 0 Å². The molecule has 1 amide bonds. The van der Waals surface area contributed by atoms with Crippen LogP contribution in [-0.2, 0) is 11.2 Å². The first-order chi connectivity index (χ1) is 11.1. The van der Waals surface area contributed by atoms with Gasteiger partial charge in [0.25, 0.3) is 5.91 Å². The van der Waals surface area contributed by atoms with E-state index in [0.29, 0.717) is 5.92 Å². The van der Waals surface area contributed by atoms with Crippen LogP contribution in [0.1, 0.15) is 46.6 Å². The number of hydrogen-bond donors (Lipinski definition) is 1. The van der Waals surface area contributed by atoms with Crippen LogP contribution in [0.3, 0.4) is 0 Å². The van der Waals surface area contributed by atoms with Crippen molar-refractivity contribution in [1.82, 2.24) is 15.2 Å². The molecule has 0 bridgehead atoms. The van der Waals surface area contributed by atoms with E-state index in [9.17, 15) is 4.79 Å². The summed E-state index contributed by atoms with van der Waals surface area (Å²) in [5, 5.41) is 4.18. The number of carbonyl (C=O) groups is 1. The van der Waals surface area contributed by atoms with Crippen molar-refractivity contribution in [2.45, 2.75) is 39.5 Å². The summed E-state index contributed by atoms with van der Waals surface area (Å²) in [7, 11) is 1.75. The third-order valence-corrected chi connectivity index (χ3v) is 5.60. The number of likely N-dealkylation sites (tertiary alicyclic amines) is 1. The minimum Gasteiger partial charge on any atom is -0.383 e. The molecule has 2 rings (SSSR count). The van der Waals surface area contributed by atoms with Crippen molar-refractivity contribution >= 4 is 17.2 Å². The van der Waals surface area contributed by atoms with Crippen molar-refractivity contribution in [3.05, 3.63) is 15.6 Å². The minimum absolute atomic E-state index is 0.0455. The Morgan fingerprint density at radius 3 is 2.83 bits per heavy atom. The highest BCUT2D eigenvalue weighted by Crippen LogP contribution is 2.20. The van der Waals surface area contributed by atoms with E-state index in [1.165, 1.54) is 0 Å². The molecular formula is C17H29N3O2S. The number of piperidine rings is 1. The molecule has 5 nitrogen and oxygen atoms in total. The molecule has 0 atom stereocenters. The van der Waals surface area contributed by atoms with Gasteiger partial charge in [0.05, 0.1) is 17.3 Å². The molecule has 0 aliphatic carbocycles. The second kappa shape index (κ2) is 9.35. The van der Waals surface area contributed by atoms with E-state index in [1.54, 1.807) is 18.4 Å². The Morgan fingerprint density at radius 1 is 1.43 bits per heavy atom. The number of aryl methyl sites for hydroxylation is 2. The van der Waals surface area contributed by atoms with Crippen LogP contribution in [0.25, 0.3) is 0 Å². The first-order valence-electron chi connectivity index (χ1n) is 8.59. The van der Waals surface area contributed by atoms with Gasteiger partial charge in [-0.2, -0.15) is 0 Å². The molecule has 2 heterocycles. The van der Waals surface area contributed by atoms with Crippen LogP contribution in [-0.4, -0.2) is 55.7 Å². The second-order valence-electron chi connectivity index (χ2n) is 6.26. The smallest absolute Gasteiger partial charge is 0.263 e. The fraction of sp³-hybridized carbons (Fsp3) is 0.765. The Bertz CT molecular complexity index is 496. The molecule has 1 aromatic heterocycles. The number of carbonyl (C=O) groups excluding carboxylic acids is 1. The highest BCUT2D eigenvalue weighted by atomic mass is 32.1. The molecule has 1 aliphatic heterocycles. The largest absolute Gasteiger partial charge is 0.383 e. The van der Waals surface area contributed by atoms with Gasteiger partial charge in [-0.25, -0.2) is 4.98 Å². The second-order valence-corrected chi connectivity index (χ2v) is 7.34. The van der Waals surface area contributed by atoms with Crippen LogP contribution in [0.4, 0.5) is 0 Å². The summed E-state index contributed by atoms with van der Waals surface area (Å²) in [4.78, 5) is 20.1. The van der Waals surface area contributed by atoms with Crippen molar-refractivity contribution in [2.24, 2.45) is 5.92 Å². The van der Waals surface area contributed by atoms with Crippen LogP contribution < -0.4 is 5.32 Å². The lowest BCUT2D eigenvalue weighted by molar-refractivity contribution is 0.0929. The monoisotopic (exact) mass is 339 g/mol. The molecule has 0 aromatic carbocycles. The number of amides is 1. The molecule has 6 heteroatoms. The maximum absolute atomic E-state index is 12.4. The quantitative estimate of drug-likeness (QED) is 0.791. The summed E-state index contributed by atoms with van der Waals surface area (Å²) in [5.74, 6) is 0.630. The van der Waals surface area contributed by atoms with Gasteiger partial charge in [-0.3, -0.25) is 4.79 Å². The van der Waals surface area contributed by atoms with Gasteiger partial charge in [-0.15, -0.1) is 11.3 Å². The summed E-state index contributed by atoms with van der Waals surface area (Å²) in [5.41, 5.74) is 0.866. The van der Waals surface area contributed by atoms with E-state index in [-0.39, 0.29) is 5.91 Å². The van der Waals surface area contributed by atoms with E-state index in [0.717, 1.165) is 74.0 Å². The van der Waals surface area contributed by atoms with Gasteiger partial charge in [-0.05, 0) is 51.6 Å². The van der Waals surface area contributed by atoms with Gasteiger partial charge >= 0.3 is 0 Å². The zero-order chi connectivity index (χ0) is 16.7. The highest BCUT2D eigenvalue weighted by Gasteiger charge is 2.21. The predicted octanol–water partition coefficient (Wildman–Crippen LogP) is 2.49. The Kier molecular flexibility index (Phi) is 7.46. The molecule has 130 valence electrons. The molecular weight excluding hydrogens is 310 g/mol. The van der Waals surface area contributed by atoms with Crippen molar-refractivity contribution in [3.63, 3.8) is 0 Å². The van der Waals surface area contributed by atoms with Crippen LogP contribution in [0.15, 0.2) is 0 Å². The third kappa shape index (κ3) is 5.55. The van der Waals surface area contributed by atoms with Crippen molar-refractivity contribution in [1.29, 1.82) is 0 Å². The minimum atomic E-state index is 0.0455. The van der Waals surface area contributed by atoms with Gasteiger partial charge in [0.1, 0.15) is 4.88 Å². The summed E-state index contributed by atoms with van der Waals surface area (Å²) >= 11 is 1.54. The number of hydrogen-bond acceptors (Lipinski definition) is 5. The maximum Gasteiger partial charge on any atom is 0.263 e. The normalized spacial score (nSPS) is 16.7. The Morgan fingerprint density at radius 2 is 2.17 bits per heavy atom. The number of aromatic nitrogens is 1. The maximum atomic E-state index is 12.4. The Balaban J connectivity index is 1.75. The fourth-order valence-corrected chi connectivity index (χ4v) is 4.02. The van der Waals surface area contributed by atoms with Crippen LogP contribution in [0.5, 0.6) is 0 Å². The molecule has 1 fully saturated rings. The van der Waals surface area contributed by atoms with Crippen LogP contribution >= 0.6 is 11.3 Å². The van der Waals surface area contributed by atoms with Crippen molar-refractivity contribution < 1.29 is 9.53 Å². The van der Waals surface area contributed by atoms with Gasteiger partial charge in [0, 0.05) is 20.2 Å². The summed E-state index contributed by atoms with van der Waals surface area (Å²) in [6.07, 6.45) is 4.31. The molecule has 0 radical (unpaired) electrons. The topological polar surface area (TPSA) is 54.5 Å². The number of thiazole rings is 1. The van der Waals surface area contributed by atoms with E-state index in [2.05, 4.69) is 22.1 Å². The van der Waals surface area contributed by atoms with Gasteiger partial charge in [0.15, 0.2) is 0 Å². The molecule has 1 aromatic rings. The zero-order valence-electron chi connectivity index (χ0n) is 14.6. The number of nitrogens with zero attached hydrogens (tertiary/aromatic N) is 2. The molecule has 0 saturated carbocycles. The number of methoxy groups -OCH3 is 1. The fourth-order valence-electron chi connectivity index (χ4n) is 2.94. The lowest BCUT2D eigenvalue weighted by atomic mass is 9.97. The zero-order valence-corrected chi connectivity index (χ0v) is 15.4. The lowest BCUT2D eigenvalue weighted by Crippen LogP contribution is -2.39. The van der Waals surface area contributed by atoms with Crippen molar-refractivity contribution in [2.75, 3.05) is 39.9 Å². The first-order valence-corrected chi connectivity index (χ1v) is 9.41. The molecule has 0 unspecified atom stereocenters. The predicted molar refractivity (Wildman–Crippen MR) is 94.2 cm³/mol. The molecule has 1 aliphatic rings. The molecule has 1 N–H and O–H groups in total. The SMILES string of the molecule is CCCc1nc(C)c(C(=O)NCC2CCN(CCOC)CC2)s1. The van der Waals surface area contributed by atoms with E-state index >= 15 is 0 Å². The summed E-state index contributed by atoms with van der Waals surface area (Å²) < 4.78 is 5.13. The standard InChI is InChI=1S/C17H29N3O2S/c1-4-5-15-19-13(2)16(23-15)17(21)18-12-14-6-8-20(9-7-14)10-11-22-3/h14H,4-12H2,1-3H3,(H,18,21). The number of rotatable bonds is 8. The van der Waals surface area contributed by atoms with Gasteiger partial charge in [-0.1, -0.05) is 6.92 Å². The number of nitrogens with one attached hydrogen (secondary N) is 1. The molecule has 23 heavy (non-hydrogen) atoms. The molecule has 1 saturated heterocycles. The third-order valence-electron chi connectivity index (χ3n) is 4.38. The van der Waals surface area contributed by atoms with Crippen LogP contribution in [0.2, 0.25) is 0 Å². The van der Waals surface area contributed by atoms with E-state index in [4.69, 9.17) is 4.74 Å². The van der Waals surface area contributed by atoms with E-state index in [1.807, 2.05) is 6.92 Å². The lowest BCUT2D eigenvalue weighted by Gasteiger charge is -2.31.